The van der Waals surface area contributed by atoms with Gasteiger partial charge in [-0.05, 0) is 46.6 Å². The number of nitrogens with one attached hydrogen (secondary N) is 2. The normalized spacial score (nSPS) is 11.4. The Kier molecular flexibility index (Phi) is 6.69. The molecule has 0 saturated heterocycles. The molecule has 0 fully saturated rings. The van der Waals surface area contributed by atoms with Crippen molar-refractivity contribution in [1.82, 2.24) is 15.6 Å². The number of nitrogens with zero attached hydrogens (tertiary/aromatic N) is 2. The first kappa shape index (κ1) is 16.0. The van der Waals surface area contributed by atoms with Crippen molar-refractivity contribution in [2.75, 3.05) is 20.1 Å². The van der Waals surface area contributed by atoms with Gasteiger partial charge in [-0.2, -0.15) is 0 Å². The lowest BCUT2D eigenvalue weighted by Gasteiger charge is -2.11. The molecule has 2 heterocycles. The zero-order chi connectivity index (χ0) is 14.9. The number of aliphatic imine (C=N–C) groups is 1. The molecular weight excluding hydrogens is 348 g/mol. The molecule has 0 bridgehead atoms. The topological polar surface area (TPSA) is 49.3 Å². The van der Waals surface area contributed by atoms with Crippen molar-refractivity contribution in [2.24, 2.45) is 4.99 Å². The first-order valence-electron chi connectivity index (χ1n) is 6.86. The van der Waals surface area contributed by atoms with E-state index >= 15 is 0 Å². The van der Waals surface area contributed by atoms with E-state index in [0.29, 0.717) is 0 Å². The van der Waals surface area contributed by atoms with E-state index in [1.165, 1.54) is 8.66 Å². The number of hydrogen-bond donors (Lipinski definition) is 2. The van der Waals surface area contributed by atoms with Gasteiger partial charge < -0.3 is 10.6 Å². The molecule has 0 atom stereocenters. The van der Waals surface area contributed by atoms with Crippen molar-refractivity contribution in [3.05, 3.63) is 50.9 Å². The molecule has 0 unspecified atom stereocenters. The van der Waals surface area contributed by atoms with Gasteiger partial charge in [0.15, 0.2) is 5.96 Å². The van der Waals surface area contributed by atoms with Crippen LogP contribution in [0.5, 0.6) is 0 Å². The molecule has 6 heteroatoms. The van der Waals surface area contributed by atoms with Crippen molar-refractivity contribution in [3.63, 3.8) is 0 Å². The molecule has 21 heavy (non-hydrogen) atoms. The second kappa shape index (κ2) is 8.79. The summed E-state index contributed by atoms with van der Waals surface area (Å²) >= 11 is 5.25. The monoisotopic (exact) mass is 366 g/mol. The molecule has 2 N–H and O–H groups in total. The van der Waals surface area contributed by atoms with Crippen LogP contribution in [0, 0.1) is 0 Å². The van der Waals surface area contributed by atoms with Crippen LogP contribution in [0.15, 0.2) is 45.3 Å². The summed E-state index contributed by atoms with van der Waals surface area (Å²) in [6.07, 6.45) is 3.71. The van der Waals surface area contributed by atoms with E-state index < -0.39 is 0 Å². The molecule has 0 amide bonds. The summed E-state index contributed by atoms with van der Waals surface area (Å²) in [6, 6.07) is 10.2. The van der Waals surface area contributed by atoms with Crippen LogP contribution in [-0.2, 0) is 12.8 Å². The van der Waals surface area contributed by atoms with Crippen LogP contribution in [0.3, 0.4) is 0 Å². The summed E-state index contributed by atoms with van der Waals surface area (Å²) in [5, 5.41) is 6.63. The van der Waals surface area contributed by atoms with E-state index in [-0.39, 0.29) is 0 Å². The molecule has 0 aliphatic carbocycles. The standard InChI is InChI=1S/C15H19BrN4S/c1-17-15(19-10-7-12-4-2-3-9-18-12)20-11-8-13-5-6-14(16)21-13/h2-6,9H,7-8,10-11H2,1H3,(H2,17,19,20). The average Bonchev–Trinajstić information content (AvgIpc) is 2.92. The Balaban J connectivity index is 1.66. The van der Waals surface area contributed by atoms with E-state index in [1.54, 1.807) is 18.4 Å². The third-order valence-corrected chi connectivity index (χ3v) is 4.60. The summed E-state index contributed by atoms with van der Waals surface area (Å²) in [5.74, 6) is 0.835. The van der Waals surface area contributed by atoms with Gasteiger partial charge in [-0.25, -0.2) is 0 Å². The molecule has 2 aromatic heterocycles. The van der Waals surface area contributed by atoms with Crippen LogP contribution < -0.4 is 10.6 Å². The molecule has 0 spiro atoms. The Morgan fingerprint density at radius 1 is 1.19 bits per heavy atom. The van der Waals surface area contributed by atoms with Crippen LogP contribution in [-0.4, -0.2) is 31.1 Å². The summed E-state index contributed by atoms with van der Waals surface area (Å²) in [6.45, 7) is 1.69. The summed E-state index contributed by atoms with van der Waals surface area (Å²) in [4.78, 5) is 9.89. The van der Waals surface area contributed by atoms with Gasteiger partial charge in [-0.3, -0.25) is 9.98 Å². The lowest BCUT2D eigenvalue weighted by molar-refractivity contribution is 0.779. The van der Waals surface area contributed by atoms with Crippen LogP contribution in [0.4, 0.5) is 0 Å². The van der Waals surface area contributed by atoms with Crippen molar-refractivity contribution in [1.29, 1.82) is 0 Å². The number of aromatic nitrogens is 1. The Bertz CT molecular complexity index is 568. The van der Waals surface area contributed by atoms with Crippen LogP contribution in [0.25, 0.3) is 0 Å². The number of thiophene rings is 1. The highest BCUT2D eigenvalue weighted by Gasteiger charge is 2.00. The van der Waals surface area contributed by atoms with Crippen molar-refractivity contribution < 1.29 is 0 Å². The third kappa shape index (κ3) is 5.85. The van der Waals surface area contributed by atoms with Crippen molar-refractivity contribution in [3.8, 4) is 0 Å². The molecule has 0 saturated carbocycles. The number of halogens is 1. The molecular formula is C15H19BrN4S. The molecule has 0 aliphatic heterocycles. The number of guanidine groups is 1. The number of pyridine rings is 1. The van der Waals surface area contributed by atoms with E-state index in [2.05, 4.69) is 48.7 Å². The summed E-state index contributed by atoms with van der Waals surface area (Å²) in [5.41, 5.74) is 1.09. The maximum atomic E-state index is 4.30. The minimum Gasteiger partial charge on any atom is -0.356 e. The van der Waals surface area contributed by atoms with Crippen LogP contribution >= 0.6 is 27.3 Å². The smallest absolute Gasteiger partial charge is 0.191 e. The molecule has 112 valence electrons. The van der Waals surface area contributed by atoms with Gasteiger partial charge in [0.05, 0.1) is 3.79 Å². The molecule has 0 radical (unpaired) electrons. The molecule has 2 aromatic rings. The minimum atomic E-state index is 0.821. The first-order valence-corrected chi connectivity index (χ1v) is 8.47. The van der Waals surface area contributed by atoms with E-state index in [0.717, 1.165) is 37.6 Å². The maximum Gasteiger partial charge on any atom is 0.191 e. The zero-order valence-electron chi connectivity index (χ0n) is 12.0. The third-order valence-electron chi connectivity index (χ3n) is 2.92. The van der Waals surface area contributed by atoms with Gasteiger partial charge in [0.2, 0.25) is 0 Å². The van der Waals surface area contributed by atoms with Gasteiger partial charge in [0.1, 0.15) is 0 Å². The summed E-state index contributed by atoms with van der Waals surface area (Å²) < 4.78 is 1.18. The van der Waals surface area contributed by atoms with E-state index in [1.807, 2.05) is 24.4 Å². The Morgan fingerprint density at radius 2 is 2.00 bits per heavy atom. The lowest BCUT2D eigenvalue weighted by Crippen LogP contribution is -2.39. The molecule has 0 aliphatic rings. The highest BCUT2D eigenvalue weighted by Crippen LogP contribution is 2.21. The van der Waals surface area contributed by atoms with Crippen molar-refractivity contribution >= 4 is 33.2 Å². The molecule has 4 nitrogen and oxygen atoms in total. The van der Waals surface area contributed by atoms with Gasteiger partial charge >= 0.3 is 0 Å². The Hall–Kier alpha value is -1.40. The predicted molar refractivity (Wildman–Crippen MR) is 93.0 cm³/mol. The fourth-order valence-electron chi connectivity index (χ4n) is 1.87. The van der Waals surface area contributed by atoms with Gasteiger partial charge in [0.25, 0.3) is 0 Å². The minimum absolute atomic E-state index is 0.821. The fourth-order valence-corrected chi connectivity index (χ4v) is 3.35. The zero-order valence-corrected chi connectivity index (χ0v) is 14.4. The SMILES string of the molecule is CN=C(NCCc1ccccn1)NCCc1ccc(Br)s1. The number of rotatable bonds is 6. The maximum absolute atomic E-state index is 4.30. The van der Waals surface area contributed by atoms with Crippen LogP contribution in [0.2, 0.25) is 0 Å². The van der Waals surface area contributed by atoms with Gasteiger partial charge in [0, 0.05) is 43.3 Å². The van der Waals surface area contributed by atoms with E-state index in [4.69, 9.17) is 0 Å². The number of hydrogen-bond acceptors (Lipinski definition) is 3. The lowest BCUT2D eigenvalue weighted by atomic mass is 10.3. The largest absolute Gasteiger partial charge is 0.356 e. The highest BCUT2D eigenvalue weighted by atomic mass is 79.9. The van der Waals surface area contributed by atoms with Gasteiger partial charge in [-0.15, -0.1) is 11.3 Å². The predicted octanol–water partition coefficient (Wildman–Crippen LogP) is 2.86. The molecule has 0 aromatic carbocycles. The summed E-state index contributed by atoms with van der Waals surface area (Å²) in [7, 11) is 1.79. The van der Waals surface area contributed by atoms with Gasteiger partial charge in [-0.1, -0.05) is 6.07 Å². The quantitative estimate of drug-likeness (QED) is 0.610. The van der Waals surface area contributed by atoms with E-state index in [9.17, 15) is 0 Å². The fraction of sp³-hybridized carbons (Fsp3) is 0.333. The second-order valence-corrected chi connectivity index (χ2v) is 7.00. The van der Waals surface area contributed by atoms with Crippen molar-refractivity contribution in [2.45, 2.75) is 12.8 Å². The second-order valence-electron chi connectivity index (χ2n) is 4.45. The average molecular weight is 367 g/mol. The molecule has 2 rings (SSSR count). The Labute approximate surface area is 137 Å². The highest BCUT2D eigenvalue weighted by molar-refractivity contribution is 9.11. The first-order chi connectivity index (χ1) is 10.3. The Morgan fingerprint density at radius 3 is 2.62 bits per heavy atom. The van der Waals surface area contributed by atoms with Crippen LogP contribution in [0.1, 0.15) is 10.6 Å².